The predicted molar refractivity (Wildman–Crippen MR) is 61.4 cm³/mol. The van der Waals surface area contributed by atoms with Crippen molar-refractivity contribution in [2.45, 2.75) is 0 Å². The van der Waals surface area contributed by atoms with Crippen molar-refractivity contribution in [1.29, 1.82) is 0 Å². The molecule has 76 valence electrons. The zero-order valence-electron chi connectivity index (χ0n) is 7.37. The Balaban J connectivity index is 2.77. The lowest BCUT2D eigenvalue weighted by atomic mass is 10.1. The fourth-order valence-corrected chi connectivity index (χ4v) is 1.93. The van der Waals surface area contributed by atoms with Gasteiger partial charge in [-0.25, -0.2) is 9.78 Å². The minimum Gasteiger partial charge on any atom is -0.478 e. The number of fused-ring (bicyclic) bond motifs is 1. The van der Waals surface area contributed by atoms with Crippen molar-refractivity contribution in [1.82, 2.24) is 4.98 Å². The summed E-state index contributed by atoms with van der Waals surface area (Å²) in [6.07, 6.45) is 0. The summed E-state index contributed by atoms with van der Waals surface area (Å²) in [6, 6.07) is 6.68. The second-order valence-corrected chi connectivity index (χ2v) is 4.16. The third-order valence-electron chi connectivity index (χ3n) is 1.96. The number of halogens is 2. The van der Waals surface area contributed by atoms with Crippen LogP contribution in [0.4, 0.5) is 0 Å². The first kappa shape index (κ1) is 10.4. The van der Waals surface area contributed by atoms with Crippen molar-refractivity contribution in [3.63, 3.8) is 0 Å². The van der Waals surface area contributed by atoms with Crippen LogP contribution >= 0.6 is 27.5 Å². The molecule has 0 amide bonds. The molecule has 0 aliphatic rings. The number of carboxylic acid groups (broad SMARTS) is 1. The number of benzene rings is 1. The van der Waals surface area contributed by atoms with Gasteiger partial charge >= 0.3 is 5.97 Å². The van der Waals surface area contributed by atoms with Gasteiger partial charge in [-0.2, -0.15) is 0 Å². The highest BCUT2D eigenvalue weighted by molar-refractivity contribution is 9.10. The minimum absolute atomic E-state index is 0.129. The van der Waals surface area contributed by atoms with E-state index in [-0.39, 0.29) is 5.56 Å². The molecular formula is C10H5BrClNO2. The van der Waals surface area contributed by atoms with Crippen LogP contribution in [0.1, 0.15) is 10.4 Å². The zero-order chi connectivity index (χ0) is 11.0. The number of nitrogens with zero attached hydrogens (tertiary/aromatic N) is 1. The quantitative estimate of drug-likeness (QED) is 0.818. The van der Waals surface area contributed by atoms with Crippen molar-refractivity contribution >= 4 is 44.4 Å². The van der Waals surface area contributed by atoms with Gasteiger partial charge in [-0.15, -0.1) is 0 Å². The Kier molecular flexibility index (Phi) is 2.63. The molecule has 0 aliphatic heterocycles. The topological polar surface area (TPSA) is 50.2 Å². The molecule has 5 heteroatoms. The van der Waals surface area contributed by atoms with E-state index in [2.05, 4.69) is 20.9 Å². The molecule has 0 spiro atoms. The second kappa shape index (κ2) is 3.79. The molecule has 0 aliphatic carbocycles. The fraction of sp³-hybridized carbons (Fsp3) is 0. The number of hydrogen-bond donors (Lipinski definition) is 1. The highest BCUT2D eigenvalue weighted by Crippen LogP contribution is 2.23. The van der Waals surface area contributed by atoms with Gasteiger partial charge in [-0.05, 0) is 40.2 Å². The minimum atomic E-state index is -1.02. The van der Waals surface area contributed by atoms with E-state index in [0.717, 1.165) is 0 Å². The molecule has 1 aromatic heterocycles. The van der Waals surface area contributed by atoms with Crippen molar-refractivity contribution in [3.05, 3.63) is 39.5 Å². The maximum absolute atomic E-state index is 10.8. The molecule has 0 radical (unpaired) electrons. The van der Waals surface area contributed by atoms with E-state index in [1.165, 1.54) is 0 Å². The third-order valence-corrected chi connectivity index (χ3v) is 2.80. The first-order valence-corrected chi connectivity index (χ1v) is 5.24. The van der Waals surface area contributed by atoms with Gasteiger partial charge in [-0.3, -0.25) is 0 Å². The van der Waals surface area contributed by atoms with Crippen molar-refractivity contribution < 1.29 is 9.90 Å². The van der Waals surface area contributed by atoms with Crippen LogP contribution in [-0.2, 0) is 0 Å². The van der Waals surface area contributed by atoms with E-state index >= 15 is 0 Å². The zero-order valence-corrected chi connectivity index (χ0v) is 9.71. The second-order valence-electron chi connectivity index (χ2n) is 2.97. The predicted octanol–water partition coefficient (Wildman–Crippen LogP) is 3.35. The molecule has 0 fully saturated rings. The lowest BCUT2D eigenvalue weighted by molar-refractivity contribution is 0.0695. The largest absolute Gasteiger partial charge is 0.478 e. The summed E-state index contributed by atoms with van der Waals surface area (Å²) < 4.78 is 0.324. The Morgan fingerprint density at radius 3 is 2.80 bits per heavy atom. The summed E-state index contributed by atoms with van der Waals surface area (Å²) >= 11 is 8.92. The van der Waals surface area contributed by atoms with Gasteiger partial charge in [0.25, 0.3) is 0 Å². The summed E-state index contributed by atoms with van der Waals surface area (Å²) in [5, 5.41) is 10.2. The summed E-state index contributed by atoms with van der Waals surface area (Å²) in [7, 11) is 0. The van der Waals surface area contributed by atoms with Crippen LogP contribution in [0.25, 0.3) is 10.9 Å². The molecule has 0 bridgehead atoms. The summed E-state index contributed by atoms with van der Waals surface area (Å²) in [6.45, 7) is 0. The summed E-state index contributed by atoms with van der Waals surface area (Å²) in [5.41, 5.74) is 0.834. The average molecular weight is 287 g/mol. The van der Waals surface area contributed by atoms with Crippen molar-refractivity contribution in [2.24, 2.45) is 0 Å². The van der Waals surface area contributed by atoms with Crippen LogP contribution in [-0.4, -0.2) is 16.1 Å². The lowest BCUT2D eigenvalue weighted by Crippen LogP contribution is -1.99. The van der Waals surface area contributed by atoms with Crippen LogP contribution in [0.2, 0.25) is 5.02 Å². The van der Waals surface area contributed by atoms with Gasteiger partial charge in [0.15, 0.2) is 0 Å². The van der Waals surface area contributed by atoms with E-state index < -0.39 is 5.97 Å². The number of rotatable bonds is 1. The molecule has 15 heavy (non-hydrogen) atoms. The van der Waals surface area contributed by atoms with Gasteiger partial charge in [-0.1, -0.05) is 11.6 Å². The normalized spacial score (nSPS) is 10.5. The standard InChI is InChI=1S/C10H5BrClNO2/c11-9-7(10(14)15)4-5-3-6(12)1-2-8(5)13-9/h1-4H,(H,14,15). The number of aromatic nitrogens is 1. The monoisotopic (exact) mass is 285 g/mol. The van der Waals surface area contributed by atoms with Gasteiger partial charge in [0.1, 0.15) is 4.60 Å². The third kappa shape index (κ3) is 1.96. The van der Waals surface area contributed by atoms with Gasteiger partial charge in [0.05, 0.1) is 11.1 Å². The molecule has 1 N–H and O–H groups in total. The number of hydrogen-bond acceptors (Lipinski definition) is 2. The van der Waals surface area contributed by atoms with Crippen LogP contribution < -0.4 is 0 Å². The number of carboxylic acids is 1. The van der Waals surface area contributed by atoms with E-state index in [0.29, 0.717) is 20.5 Å². The number of aromatic carboxylic acids is 1. The van der Waals surface area contributed by atoms with Crippen LogP contribution in [0.15, 0.2) is 28.9 Å². The van der Waals surface area contributed by atoms with Crippen molar-refractivity contribution in [2.75, 3.05) is 0 Å². The van der Waals surface area contributed by atoms with Crippen LogP contribution in [0, 0.1) is 0 Å². The van der Waals surface area contributed by atoms with Crippen LogP contribution in [0.3, 0.4) is 0 Å². The van der Waals surface area contributed by atoms with Gasteiger partial charge in [0.2, 0.25) is 0 Å². The molecule has 2 rings (SSSR count). The molecule has 2 aromatic rings. The smallest absolute Gasteiger partial charge is 0.338 e. The molecule has 0 saturated carbocycles. The number of pyridine rings is 1. The SMILES string of the molecule is O=C(O)c1cc2cc(Cl)ccc2nc1Br. The molecule has 0 unspecified atom stereocenters. The van der Waals surface area contributed by atoms with Crippen LogP contribution in [0.5, 0.6) is 0 Å². The Morgan fingerprint density at radius 1 is 1.40 bits per heavy atom. The van der Waals surface area contributed by atoms with E-state index in [4.69, 9.17) is 16.7 Å². The maximum atomic E-state index is 10.8. The first-order valence-electron chi connectivity index (χ1n) is 4.07. The molecular weight excluding hydrogens is 281 g/mol. The number of carbonyl (C=O) groups is 1. The van der Waals surface area contributed by atoms with E-state index in [1.807, 2.05) is 0 Å². The maximum Gasteiger partial charge on any atom is 0.338 e. The molecule has 3 nitrogen and oxygen atoms in total. The highest BCUT2D eigenvalue weighted by Gasteiger charge is 2.10. The highest BCUT2D eigenvalue weighted by atomic mass is 79.9. The summed E-state index contributed by atoms with van der Waals surface area (Å²) in [4.78, 5) is 15.0. The van der Waals surface area contributed by atoms with Crippen molar-refractivity contribution in [3.8, 4) is 0 Å². The van der Waals surface area contributed by atoms with Gasteiger partial charge in [0, 0.05) is 10.4 Å². The van der Waals surface area contributed by atoms with Gasteiger partial charge < -0.3 is 5.11 Å². The molecule has 1 heterocycles. The lowest BCUT2D eigenvalue weighted by Gasteiger charge is -2.02. The fourth-order valence-electron chi connectivity index (χ4n) is 1.27. The Labute approximate surface area is 98.8 Å². The Hall–Kier alpha value is -1.13. The van der Waals surface area contributed by atoms with E-state index in [1.54, 1.807) is 24.3 Å². The summed E-state index contributed by atoms with van der Waals surface area (Å²) in [5.74, 6) is -1.02. The Morgan fingerprint density at radius 2 is 2.13 bits per heavy atom. The first-order chi connectivity index (χ1) is 7.08. The van der Waals surface area contributed by atoms with E-state index in [9.17, 15) is 4.79 Å². The molecule has 0 atom stereocenters. The Bertz CT molecular complexity index is 556. The molecule has 0 saturated heterocycles. The average Bonchev–Trinajstić information content (AvgIpc) is 2.17. The molecule has 1 aromatic carbocycles.